The van der Waals surface area contributed by atoms with E-state index in [1.807, 2.05) is 37.5 Å². The molecular weight excluding hydrogens is 262 g/mol. The molecule has 2 rings (SSSR count). The number of rotatable bonds is 6. The highest BCUT2D eigenvalue weighted by Gasteiger charge is 2.10. The number of para-hydroxylation sites is 1. The summed E-state index contributed by atoms with van der Waals surface area (Å²) in [5, 5.41) is 3.50. The Morgan fingerprint density at radius 2 is 2.00 bits per heavy atom. The van der Waals surface area contributed by atoms with E-state index in [2.05, 4.69) is 41.7 Å². The van der Waals surface area contributed by atoms with Gasteiger partial charge in [-0.05, 0) is 33.8 Å². The van der Waals surface area contributed by atoms with Gasteiger partial charge >= 0.3 is 0 Å². The molecule has 0 fully saturated rings. The molecule has 114 valence electrons. The summed E-state index contributed by atoms with van der Waals surface area (Å²) in [6.45, 7) is 10.8. The first-order chi connectivity index (χ1) is 9.96. The molecule has 0 aliphatic carbocycles. The first kappa shape index (κ1) is 15.6. The Morgan fingerprint density at radius 1 is 1.24 bits per heavy atom. The summed E-state index contributed by atoms with van der Waals surface area (Å²) < 4.78 is 8.04. The van der Waals surface area contributed by atoms with Crippen LogP contribution in [0.1, 0.15) is 32.2 Å². The molecule has 0 saturated carbocycles. The van der Waals surface area contributed by atoms with Gasteiger partial charge in [0.05, 0.1) is 6.54 Å². The summed E-state index contributed by atoms with van der Waals surface area (Å²) >= 11 is 0. The zero-order valence-corrected chi connectivity index (χ0v) is 13.4. The van der Waals surface area contributed by atoms with Crippen molar-refractivity contribution in [2.45, 2.75) is 46.3 Å². The lowest BCUT2D eigenvalue weighted by Crippen LogP contribution is -2.35. The second-order valence-corrected chi connectivity index (χ2v) is 6.23. The molecule has 0 aliphatic heterocycles. The van der Waals surface area contributed by atoms with Crippen molar-refractivity contribution in [3.63, 3.8) is 0 Å². The third-order valence-corrected chi connectivity index (χ3v) is 3.30. The Morgan fingerprint density at radius 3 is 2.67 bits per heavy atom. The highest BCUT2D eigenvalue weighted by molar-refractivity contribution is 5.33. The minimum absolute atomic E-state index is 0.0982. The molecule has 21 heavy (non-hydrogen) atoms. The molecule has 0 bridgehead atoms. The number of aromatic nitrogens is 2. The molecule has 4 nitrogen and oxygen atoms in total. The Balaban J connectivity index is 1.92. The number of ether oxygens (including phenoxy) is 1. The topological polar surface area (TPSA) is 39.1 Å². The zero-order valence-electron chi connectivity index (χ0n) is 13.4. The van der Waals surface area contributed by atoms with Crippen LogP contribution in [-0.2, 0) is 13.1 Å². The van der Waals surface area contributed by atoms with E-state index >= 15 is 0 Å². The van der Waals surface area contributed by atoms with E-state index in [0.29, 0.717) is 6.61 Å². The maximum Gasteiger partial charge on any atom is 0.123 e. The summed E-state index contributed by atoms with van der Waals surface area (Å²) in [4.78, 5) is 4.21. The highest BCUT2D eigenvalue weighted by atomic mass is 16.5. The number of hydrogen-bond acceptors (Lipinski definition) is 3. The van der Waals surface area contributed by atoms with E-state index in [4.69, 9.17) is 4.74 Å². The largest absolute Gasteiger partial charge is 0.491 e. The van der Waals surface area contributed by atoms with Crippen LogP contribution >= 0.6 is 0 Å². The highest BCUT2D eigenvalue weighted by Crippen LogP contribution is 2.18. The van der Waals surface area contributed by atoms with Gasteiger partial charge in [0, 0.05) is 30.0 Å². The fraction of sp³-hybridized carbons (Fsp3) is 0.471. The molecule has 0 atom stereocenters. The van der Waals surface area contributed by atoms with Gasteiger partial charge in [0.15, 0.2) is 0 Å². The number of benzene rings is 1. The fourth-order valence-corrected chi connectivity index (χ4v) is 2.05. The van der Waals surface area contributed by atoms with Crippen molar-refractivity contribution >= 4 is 0 Å². The molecule has 0 spiro atoms. The predicted molar refractivity (Wildman–Crippen MR) is 85.5 cm³/mol. The van der Waals surface area contributed by atoms with Gasteiger partial charge in [-0.2, -0.15) is 0 Å². The summed E-state index contributed by atoms with van der Waals surface area (Å²) in [5.41, 5.74) is 1.29. The first-order valence-electron chi connectivity index (χ1n) is 7.39. The minimum Gasteiger partial charge on any atom is -0.491 e. The Labute approximate surface area is 127 Å². The lowest BCUT2D eigenvalue weighted by atomic mass is 10.1. The molecule has 1 aromatic carbocycles. The Hall–Kier alpha value is -1.81. The fourth-order valence-electron chi connectivity index (χ4n) is 2.05. The van der Waals surface area contributed by atoms with Gasteiger partial charge in [-0.25, -0.2) is 4.98 Å². The average Bonchev–Trinajstić information content (AvgIpc) is 2.82. The van der Waals surface area contributed by atoms with Crippen molar-refractivity contribution in [1.82, 2.24) is 14.9 Å². The van der Waals surface area contributed by atoms with Gasteiger partial charge in [-0.15, -0.1) is 0 Å². The van der Waals surface area contributed by atoms with Gasteiger partial charge in [-0.1, -0.05) is 18.2 Å². The standard InChI is InChI=1S/C17H25N3O/c1-14-18-9-10-20(14)11-12-21-16-8-6-5-7-15(16)13-19-17(2,3)4/h5-10,19H,11-13H2,1-4H3. The molecule has 0 amide bonds. The molecule has 1 N–H and O–H groups in total. The van der Waals surface area contributed by atoms with E-state index in [1.54, 1.807) is 0 Å². The van der Waals surface area contributed by atoms with E-state index in [-0.39, 0.29) is 5.54 Å². The number of hydrogen-bond donors (Lipinski definition) is 1. The number of aryl methyl sites for hydroxylation is 1. The monoisotopic (exact) mass is 287 g/mol. The van der Waals surface area contributed by atoms with Crippen molar-refractivity contribution in [3.8, 4) is 5.75 Å². The SMILES string of the molecule is Cc1nccn1CCOc1ccccc1CNC(C)(C)C. The number of imidazole rings is 1. The van der Waals surface area contributed by atoms with Gasteiger partial charge in [0.1, 0.15) is 18.2 Å². The van der Waals surface area contributed by atoms with Gasteiger partial charge in [-0.3, -0.25) is 0 Å². The normalized spacial score (nSPS) is 11.6. The molecule has 2 aromatic rings. The van der Waals surface area contributed by atoms with Crippen molar-refractivity contribution in [2.75, 3.05) is 6.61 Å². The van der Waals surface area contributed by atoms with Crippen molar-refractivity contribution in [2.24, 2.45) is 0 Å². The molecule has 1 heterocycles. The maximum absolute atomic E-state index is 5.94. The van der Waals surface area contributed by atoms with E-state index in [9.17, 15) is 0 Å². The van der Waals surface area contributed by atoms with Gasteiger partial charge in [0.25, 0.3) is 0 Å². The van der Waals surface area contributed by atoms with Gasteiger partial charge in [0.2, 0.25) is 0 Å². The number of nitrogens with one attached hydrogen (secondary N) is 1. The Kier molecular flexibility index (Phi) is 5.02. The molecular formula is C17H25N3O. The Bertz CT molecular complexity index is 569. The lowest BCUT2D eigenvalue weighted by Gasteiger charge is -2.21. The predicted octanol–water partition coefficient (Wildman–Crippen LogP) is 3.16. The lowest BCUT2D eigenvalue weighted by molar-refractivity contribution is 0.292. The van der Waals surface area contributed by atoms with Gasteiger partial charge < -0.3 is 14.6 Å². The van der Waals surface area contributed by atoms with Crippen LogP contribution in [0.3, 0.4) is 0 Å². The molecule has 1 aromatic heterocycles. The van der Waals surface area contributed by atoms with Crippen molar-refractivity contribution in [1.29, 1.82) is 0 Å². The summed E-state index contributed by atoms with van der Waals surface area (Å²) in [6, 6.07) is 8.20. The van der Waals surface area contributed by atoms with Crippen molar-refractivity contribution in [3.05, 3.63) is 48.0 Å². The minimum atomic E-state index is 0.0982. The quantitative estimate of drug-likeness (QED) is 0.887. The van der Waals surface area contributed by atoms with Crippen LogP contribution in [-0.4, -0.2) is 21.7 Å². The maximum atomic E-state index is 5.94. The summed E-state index contributed by atoms with van der Waals surface area (Å²) in [6.07, 6.45) is 3.79. The zero-order chi connectivity index (χ0) is 15.3. The molecule has 0 radical (unpaired) electrons. The second-order valence-electron chi connectivity index (χ2n) is 6.23. The van der Waals surface area contributed by atoms with E-state index < -0.39 is 0 Å². The van der Waals surface area contributed by atoms with E-state index in [1.165, 1.54) is 5.56 Å². The first-order valence-corrected chi connectivity index (χ1v) is 7.39. The molecule has 4 heteroatoms. The summed E-state index contributed by atoms with van der Waals surface area (Å²) in [5.74, 6) is 1.97. The van der Waals surface area contributed by atoms with Crippen LogP contribution in [0.15, 0.2) is 36.7 Å². The third kappa shape index (κ3) is 4.90. The molecule has 0 aliphatic rings. The van der Waals surface area contributed by atoms with Crippen LogP contribution in [0.2, 0.25) is 0 Å². The molecule has 0 unspecified atom stereocenters. The average molecular weight is 287 g/mol. The van der Waals surface area contributed by atoms with Crippen LogP contribution < -0.4 is 10.1 Å². The van der Waals surface area contributed by atoms with Crippen LogP contribution in [0.4, 0.5) is 0 Å². The van der Waals surface area contributed by atoms with Crippen LogP contribution in [0.5, 0.6) is 5.75 Å². The molecule has 0 saturated heterocycles. The second kappa shape index (κ2) is 6.76. The number of nitrogens with zero attached hydrogens (tertiary/aromatic N) is 2. The summed E-state index contributed by atoms with van der Waals surface area (Å²) in [7, 11) is 0. The van der Waals surface area contributed by atoms with Crippen LogP contribution in [0, 0.1) is 6.92 Å². The smallest absolute Gasteiger partial charge is 0.123 e. The van der Waals surface area contributed by atoms with Crippen molar-refractivity contribution < 1.29 is 4.74 Å². The third-order valence-electron chi connectivity index (χ3n) is 3.30. The van der Waals surface area contributed by atoms with Crippen LogP contribution in [0.25, 0.3) is 0 Å². The van der Waals surface area contributed by atoms with E-state index in [0.717, 1.165) is 24.7 Å².